The molecule has 2 unspecified atom stereocenters. The minimum absolute atomic E-state index is 0.0731. The fraction of sp³-hybridized carbons (Fsp3) is 0.500. The lowest BCUT2D eigenvalue weighted by molar-refractivity contribution is -0.148. The van der Waals surface area contributed by atoms with Crippen LogP contribution in [0.1, 0.15) is 13.0 Å². The van der Waals surface area contributed by atoms with Gasteiger partial charge in [0, 0.05) is 19.5 Å². The van der Waals surface area contributed by atoms with E-state index in [1.54, 1.807) is 25.4 Å². The Bertz CT molecular complexity index is 377. The topological polar surface area (TPSA) is 93.5 Å². The van der Waals surface area contributed by atoms with Crippen LogP contribution in [0.2, 0.25) is 0 Å². The predicted octanol–water partition coefficient (Wildman–Crippen LogP) is -0.340. The summed E-state index contributed by atoms with van der Waals surface area (Å²) in [5.41, 5.74) is 0. The van der Waals surface area contributed by atoms with E-state index < -0.39 is 18.1 Å². The third-order valence-electron chi connectivity index (χ3n) is 2.32. The number of carboxylic acids is 1. The Morgan fingerprint density at radius 1 is 1.59 bits per heavy atom. The molecule has 0 fully saturated rings. The van der Waals surface area contributed by atoms with Gasteiger partial charge in [-0.3, -0.25) is 9.48 Å². The molecule has 1 aromatic rings. The third kappa shape index (κ3) is 3.56. The molecule has 0 radical (unpaired) electrons. The number of carbonyl (C=O) groups is 2. The van der Waals surface area contributed by atoms with Gasteiger partial charge in [0.05, 0.1) is 6.54 Å². The van der Waals surface area contributed by atoms with Crippen LogP contribution in [0.25, 0.3) is 0 Å². The summed E-state index contributed by atoms with van der Waals surface area (Å²) in [7, 11) is 1.28. The van der Waals surface area contributed by atoms with E-state index in [9.17, 15) is 9.59 Å². The molecule has 2 N–H and O–H groups in total. The minimum atomic E-state index is -1.11. The summed E-state index contributed by atoms with van der Waals surface area (Å²) >= 11 is 0. The molecule has 0 aliphatic carbocycles. The van der Waals surface area contributed by atoms with Crippen LogP contribution in [0.4, 0.5) is 0 Å². The van der Waals surface area contributed by atoms with Gasteiger partial charge >= 0.3 is 5.97 Å². The Morgan fingerprint density at radius 2 is 2.29 bits per heavy atom. The number of amides is 1. The van der Waals surface area contributed by atoms with Crippen molar-refractivity contribution in [1.82, 2.24) is 15.1 Å². The first-order valence-electron chi connectivity index (χ1n) is 5.08. The van der Waals surface area contributed by atoms with E-state index in [0.29, 0.717) is 0 Å². The van der Waals surface area contributed by atoms with Gasteiger partial charge < -0.3 is 15.2 Å². The van der Waals surface area contributed by atoms with E-state index in [1.807, 2.05) is 0 Å². The van der Waals surface area contributed by atoms with E-state index in [2.05, 4.69) is 10.4 Å². The van der Waals surface area contributed by atoms with E-state index in [1.165, 1.54) is 11.8 Å². The highest BCUT2D eigenvalue weighted by Gasteiger charge is 2.20. The summed E-state index contributed by atoms with van der Waals surface area (Å²) in [6.07, 6.45) is 2.19. The Labute approximate surface area is 98.4 Å². The Hall–Kier alpha value is -1.89. The van der Waals surface area contributed by atoms with Crippen molar-refractivity contribution in [3.8, 4) is 0 Å². The number of aromatic nitrogens is 2. The molecule has 0 saturated heterocycles. The molecule has 1 aromatic heterocycles. The van der Waals surface area contributed by atoms with Crippen molar-refractivity contribution in [2.24, 2.45) is 0 Å². The van der Waals surface area contributed by atoms with E-state index in [-0.39, 0.29) is 12.5 Å². The predicted molar refractivity (Wildman–Crippen MR) is 58.4 cm³/mol. The van der Waals surface area contributed by atoms with Crippen LogP contribution in [0, 0.1) is 0 Å². The summed E-state index contributed by atoms with van der Waals surface area (Å²) in [5.74, 6) is -1.42. The van der Waals surface area contributed by atoms with Gasteiger partial charge in [0.2, 0.25) is 5.91 Å². The van der Waals surface area contributed by atoms with Crippen LogP contribution >= 0.6 is 0 Å². The zero-order valence-electron chi connectivity index (χ0n) is 9.66. The molecule has 0 aliphatic heterocycles. The van der Waals surface area contributed by atoms with Crippen LogP contribution in [0.5, 0.6) is 0 Å². The van der Waals surface area contributed by atoms with E-state index in [0.717, 1.165) is 0 Å². The van der Waals surface area contributed by atoms with E-state index >= 15 is 0 Å². The average molecular weight is 241 g/mol. The fourth-order valence-corrected chi connectivity index (χ4v) is 1.24. The second kappa shape index (κ2) is 6.00. The Balaban J connectivity index is 2.47. The quantitative estimate of drug-likeness (QED) is 0.710. The molecule has 1 amide bonds. The van der Waals surface area contributed by atoms with Gasteiger partial charge in [-0.25, -0.2) is 4.79 Å². The van der Waals surface area contributed by atoms with Crippen LogP contribution in [-0.4, -0.2) is 46.5 Å². The van der Waals surface area contributed by atoms with Crippen LogP contribution in [-0.2, 0) is 14.3 Å². The molecule has 0 aromatic carbocycles. The largest absolute Gasteiger partial charge is 0.479 e. The summed E-state index contributed by atoms with van der Waals surface area (Å²) < 4.78 is 6.18. The van der Waals surface area contributed by atoms with Gasteiger partial charge in [-0.05, 0) is 13.0 Å². The van der Waals surface area contributed by atoms with Crippen molar-refractivity contribution < 1.29 is 19.4 Å². The number of aliphatic carboxylic acids is 1. The summed E-state index contributed by atoms with van der Waals surface area (Å²) in [5, 5.41) is 15.1. The van der Waals surface area contributed by atoms with Crippen LogP contribution in [0.15, 0.2) is 18.5 Å². The Morgan fingerprint density at radius 3 is 2.76 bits per heavy atom. The van der Waals surface area contributed by atoms with Gasteiger partial charge in [0.1, 0.15) is 6.04 Å². The first-order chi connectivity index (χ1) is 8.06. The molecular weight excluding hydrogens is 226 g/mol. The number of carboxylic acid groups (broad SMARTS) is 1. The molecule has 0 saturated carbocycles. The number of carbonyl (C=O) groups excluding carboxylic acids is 1. The molecule has 0 aliphatic rings. The number of ether oxygens (including phenoxy) is 1. The van der Waals surface area contributed by atoms with Crippen molar-refractivity contribution in [1.29, 1.82) is 0 Å². The molecule has 0 spiro atoms. The highest BCUT2D eigenvalue weighted by molar-refractivity contribution is 5.81. The van der Waals surface area contributed by atoms with Crippen molar-refractivity contribution in [3.63, 3.8) is 0 Å². The number of rotatable bonds is 6. The lowest BCUT2D eigenvalue weighted by Gasteiger charge is -2.15. The van der Waals surface area contributed by atoms with Crippen LogP contribution in [0.3, 0.4) is 0 Å². The molecule has 2 atom stereocenters. The maximum absolute atomic E-state index is 11.7. The standard InChI is InChI=1S/C10H15N3O4/c1-7(13-5-3-4-12-13)9(14)11-6-8(17-2)10(15)16/h3-5,7-8H,6H2,1-2H3,(H,11,14)(H,15,16). The number of nitrogens with zero attached hydrogens (tertiary/aromatic N) is 2. The van der Waals surface area contributed by atoms with Crippen molar-refractivity contribution in [3.05, 3.63) is 18.5 Å². The number of nitrogens with one attached hydrogen (secondary N) is 1. The molecule has 0 bridgehead atoms. The summed E-state index contributed by atoms with van der Waals surface area (Å²) in [6, 6.07) is 1.22. The molecule has 1 heterocycles. The van der Waals surface area contributed by atoms with Gasteiger partial charge in [0.15, 0.2) is 6.10 Å². The molecular formula is C10H15N3O4. The van der Waals surface area contributed by atoms with Gasteiger partial charge in [0.25, 0.3) is 0 Å². The molecule has 17 heavy (non-hydrogen) atoms. The maximum atomic E-state index is 11.7. The summed E-state index contributed by atoms with van der Waals surface area (Å²) in [6.45, 7) is 1.60. The number of hydrogen-bond acceptors (Lipinski definition) is 4. The van der Waals surface area contributed by atoms with E-state index in [4.69, 9.17) is 9.84 Å². The third-order valence-corrected chi connectivity index (χ3v) is 2.32. The second-order valence-electron chi connectivity index (χ2n) is 3.47. The second-order valence-corrected chi connectivity index (χ2v) is 3.47. The van der Waals surface area contributed by atoms with Gasteiger partial charge in [-0.1, -0.05) is 0 Å². The van der Waals surface area contributed by atoms with Gasteiger partial charge in [-0.15, -0.1) is 0 Å². The van der Waals surface area contributed by atoms with Crippen molar-refractivity contribution in [2.45, 2.75) is 19.1 Å². The molecule has 7 nitrogen and oxygen atoms in total. The normalized spacial score (nSPS) is 14.0. The first-order valence-corrected chi connectivity index (χ1v) is 5.08. The first kappa shape index (κ1) is 13.2. The van der Waals surface area contributed by atoms with Crippen molar-refractivity contribution >= 4 is 11.9 Å². The molecule has 7 heteroatoms. The smallest absolute Gasteiger partial charge is 0.334 e. The number of hydrogen-bond donors (Lipinski definition) is 2. The van der Waals surface area contributed by atoms with Crippen molar-refractivity contribution in [2.75, 3.05) is 13.7 Å². The monoisotopic (exact) mass is 241 g/mol. The molecule has 1 rings (SSSR count). The SMILES string of the molecule is COC(CNC(=O)C(C)n1cccn1)C(=O)O. The minimum Gasteiger partial charge on any atom is -0.479 e. The number of methoxy groups -OCH3 is 1. The lowest BCUT2D eigenvalue weighted by atomic mass is 10.3. The highest BCUT2D eigenvalue weighted by Crippen LogP contribution is 2.02. The zero-order valence-corrected chi connectivity index (χ0v) is 9.66. The summed E-state index contributed by atoms with van der Waals surface area (Å²) in [4.78, 5) is 22.3. The highest BCUT2D eigenvalue weighted by atomic mass is 16.5. The molecule has 94 valence electrons. The van der Waals surface area contributed by atoms with Crippen LogP contribution < -0.4 is 5.32 Å². The average Bonchev–Trinajstić information content (AvgIpc) is 2.81. The fourth-order valence-electron chi connectivity index (χ4n) is 1.24. The van der Waals surface area contributed by atoms with Gasteiger partial charge in [-0.2, -0.15) is 5.10 Å². The Kier molecular flexibility index (Phi) is 4.65. The zero-order chi connectivity index (χ0) is 12.8. The lowest BCUT2D eigenvalue weighted by Crippen LogP contribution is -2.40. The maximum Gasteiger partial charge on any atom is 0.334 e.